The van der Waals surface area contributed by atoms with Crippen LogP contribution in [0.15, 0.2) is 26.2 Å². The standard InChI is InChI=1S/C19H22N2O4S2/c20-13-6-5-11-16-10(14(26)9-15(23)21-7-1-2-8-22)3-4-12(16)19(24)25-17(11)18(13)27/h5-6,8,10,14,26-27H,1-4,7,9,20H2,(H,21,23). The van der Waals surface area contributed by atoms with E-state index in [2.05, 4.69) is 30.6 Å². The fourth-order valence-corrected chi connectivity index (χ4v) is 4.34. The molecule has 0 fully saturated rings. The fraction of sp³-hybridized carbons (Fsp3) is 0.421. The molecule has 8 heteroatoms. The topological polar surface area (TPSA) is 102 Å². The monoisotopic (exact) mass is 406 g/mol. The first kappa shape index (κ1) is 19.8. The Morgan fingerprint density at radius 1 is 1.44 bits per heavy atom. The molecule has 6 nitrogen and oxygen atoms in total. The van der Waals surface area contributed by atoms with E-state index in [0.29, 0.717) is 47.5 Å². The van der Waals surface area contributed by atoms with Crippen molar-refractivity contribution in [1.82, 2.24) is 5.32 Å². The van der Waals surface area contributed by atoms with E-state index in [0.717, 1.165) is 23.7 Å². The Hall–Kier alpha value is -1.93. The van der Waals surface area contributed by atoms with E-state index in [1.165, 1.54) is 0 Å². The Kier molecular flexibility index (Phi) is 6.16. The van der Waals surface area contributed by atoms with Crippen LogP contribution in [0.5, 0.6) is 0 Å². The van der Waals surface area contributed by atoms with Crippen molar-refractivity contribution in [3.05, 3.63) is 33.7 Å². The molecule has 0 saturated carbocycles. The minimum Gasteiger partial charge on any atom is -0.421 e. The van der Waals surface area contributed by atoms with Crippen molar-refractivity contribution >= 4 is 54.1 Å². The molecule has 2 unspecified atom stereocenters. The second-order valence-corrected chi connectivity index (χ2v) is 7.85. The molecule has 3 rings (SSSR count). The molecular formula is C19H22N2O4S2. The maximum absolute atomic E-state index is 12.4. The van der Waals surface area contributed by atoms with Crippen LogP contribution in [0.1, 0.15) is 42.7 Å². The summed E-state index contributed by atoms with van der Waals surface area (Å²) in [6.45, 7) is 0.466. The molecule has 0 radical (unpaired) electrons. The number of nitrogens with one attached hydrogen (secondary N) is 1. The highest BCUT2D eigenvalue weighted by Crippen LogP contribution is 2.42. The SMILES string of the molecule is Nc1ccc2c3c(c(=O)oc2c1S)CCC3C(S)CC(=O)NCCCC=O. The van der Waals surface area contributed by atoms with Gasteiger partial charge in [0, 0.05) is 41.3 Å². The van der Waals surface area contributed by atoms with Gasteiger partial charge in [0.2, 0.25) is 5.91 Å². The quantitative estimate of drug-likeness (QED) is 0.186. The van der Waals surface area contributed by atoms with Crippen LogP contribution in [0.4, 0.5) is 5.69 Å². The number of aldehydes is 1. The molecule has 0 spiro atoms. The smallest absolute Gasteiger partial charge is 0.339 e. The van der Waals surface area contributed by atoms with Crippen LogP contribution in [0.2, 0.25) is 0 Å². The van der Waals surface area contributed by atoms with Crippen molar-refractivity contribution < 1.29 is 14.0 Å². The molecule has 2 aromatic rings. The molecule has 1 heterocycles. The summed E-state index contributed by atoms with van der Waals surface area (Å²) in [7, 11) is 0. The van der Waals surface area contributed by atoms with Crippen LogP contribution in [-0.4, -0.2) is 24.0 Å². The maximum atomic E-state index is 12.4. The summed E-state index contributed by atoms with van der Waals surface area (Å²) in [6, 6.07) is 3.58. The lowest BCUT2D eigenvalue weighted by Gasteiger charge is -2.20. The number of carbonyl (C=O) groups is 2. The average molecular weight is 407 g/mol. The zero-order valence-corrected chi connectivity index (χ0v) is 16.5. The molecule has 1 aliphatic carbocycles. The molecule has 0 aliphatic heterocycles. The number of rotatable bonds is 7. The number of nitrogens with two attached hydrogens (primary N) is 1. The molecule has 0 bridgehead atoms. The van der Waals surface area contributed by atoms with Crippen LogP contribution < -0.4 is 16.7 Å². The molecule has 3 N–H and O–H groups in total. The van der Waals surface area contributed by atoms with Gasteiger partial charge in [-0.3, -0.25) is 4.79 Å². The number of nitrogen functional groups attached to an aromatic ring is 1. The number of hydrogen-bond acceptors (Lipinski definition) is 7. The van der Waals surface area contributed by atoms with Crippen molar-refractivity contribution in [3.8, 4) is 0 Å². The van der Waals surface area contributed by atoms with Gasteiger partial charge in [-0.1, -0.05) is 0 Å². The van der Waals surface area contributed by atoms with Crippen molar-refractivity contribution in [1.29, 1.82) is 0 Å². The van der Waals surface area contributed by atoms with Crippen LogP contribution in [0.25, 0.3) is 11.0 Å². The van der Waals surface area contributed by atoms with Gasteiger partial charge < -0.3 is 20.3 Å². The lowest BCUT2D eigenvalue weighted by atomic mass is 9.92. The number of unbranched alkanes of at least 4 members (excludes halogenated alkanes) is 1. The fourth-order valence-electron chi connectivity index (χ4n) is 3.64. The minimum atomic E-state index is -0.375. The average Bonchev–Trinajstić information content (AvgIpc) is 3.08. The van der Waals surface area contributed by atoms with Gasteiger partial charge in [0.05, 0.1) is 4.90 Å². The van der Waals surface area contributed by atoms with E-state index in [4.69, 9.17) is 10.2 Å². The molecule has 0 saturated heterocycles. The van der Waals surface area contributed by atoms with E-state index in [1.54, 1.807) is 6.07 Å². The largest absolute Gasteiger partial charge is 0.421 e. The van der Waals surface area contributed by atoms with E-state index in [-0.39, 0.29) is 29.1 Å². The highest BCUT2D eigenvalue weighted by Gasteiger charge is 2.33. The Balaban J connectivity index is 1.85. The Bertz CT molecular complexity index is 941. The Labute approximate surface area is 167 Å². The molecular weight excluding hydrogens is 384 g/mol. The molecule has 2 atom stereocenters. The lowest BCUT2D eigenvalue weighted by molar-refractivity contribution is -0.121. The summed E-state index contributed by atoms with van der Waals surface area (Å²) in [5.74, 6) is -0.146. The number of amides is 1. The molecule has 27 heavy (non-hydrogen) atoms. The molecule has 1 aromatic carbocycles. The number of fused-ring (bicyclic) bond motifs is 3. The number of thiol groups is 2. The number of hydrogen-bond donors (Lipinski definition) is 4. The van der Waals surface area contributed by atoms with Gasteiger partial charge in [-0.05, 0) is 42.9 Å². The predicted molar refractivity (Wildman–Crippen MR) is 111 cm³/mol. The zero-order valence-electron chi connectivity index (χ0n) is 14.7. The Morgan fingerprint density at radius 3 is 2.96 bits per heavy atom. The summed E-state index contributed by atoms with van der Waals surface area (Å²) < 4.78 is 5.46. The highest BCUT2D eigenvalue weighted by molar-refractivity contribution is 7.81. The van der Waals surface area contributed by atoms with E-state index >= 15 is 0 Å². The third-order valence-electron chi connectivity index (χ3n) is 4.98. The third kappa shape index (κ3) is 4.01. The third-order valence-corrected chi connectivity index (χ3v) is 5.98. The van der Waals surface area contributed by atoms with Crippen molar-refractivity contribution in [3.63, 3.8) is 0 Å². The van der Waals surface area contributed by atoms with Crippen LogP contribution in [-0.2, 0) is 16.0 Å². The summed E-state index contributed by atoms with van der Waals surface area (Å²) in [5, 5.41) is 3.37. The van der Waals surface area contributed by atoms with E-state index in [9.17, 15) is 14.4 Å². The first-order valence-electron chi connectivity index (χ1n) is 8.89. The number of anilines is 1. The van der Waals surface area contributed by atoms with E-state index < -0.39 is 0 Å². The van der Waals surface area contributed by atoms with Gasteiger partial charge >= 0.3 is 5.63 Å². The number of benzene rings is 1. The highest BCUT2D eigenvalue weighted by atomic mass is 32.1. The molecule has 1 aromatic heterocycles. The second kappa shape index (κ2) is 8.39. The zero-order chi connectivity index (χ0) is 19.6. The molecule has 1 amide bonds. The van der Waals surface area contributed by atoms with E-state index in [1.807, 2.05) is 6.07 Å². The first-order chi connectivity index (χ1) is 12.9. The molecule has 1 aliphatic rings. The maximum Gasteiger partial charge on any atom is 0.339 e. The van der Waals surface area contributed by atoms with Crippen LogP contribution in [0.3, 0.4) is 0 Å². The van der Waals surface area contributed by atoms with Crippen LogP contribution in [0, 0.1) is 0 Å². The lowest BCUT2D eigenvalue weighted by Crippen LogP contribution is -2.28. The summed E-state index contributed by atoms with van der Waals surface area (Å²) >= 11 is 9.04. The minimum absolute atomic E-state index is 0.0352. The normalized spacial score (nSPS) is 16.9. The molecule has 144 valence electrons. The van der Waals surface area contributed by atoms with Crippen molar-refractivity contribution in [2.75, 3.05) is 12.3 Å². The van der Waals surface area contributed by atoms with Gasteiger partial charge in [-0.2, -0.15) is 12.6 Å². The second-order valence-electron chi connectivity index (χ2n) is 6.74. The number of carbonyl (C=O) groups excluding carboxylic acids is 2. The van der Waals surface area contributed by atoms with Gasteiger partial charge in [0.25, 0.3) is 0 Å². The van der Waals surface area contributed by atoms with Crippen molar-refractivity contribution in [2.45, 2.75) is 48.2 Å². The summed E-state index contributed by atoms with van der Waals surface area (Å²) in [6.07, 6.45) is 3.45. The first-order valence-corrected chi connectivity index (χ1v) is 9.85. The van der Waals surface area contributed by atoms with Gasteiger partial charge in [0.15, 0.2) is 5.58 Å². The predicted octanol–water partition coefficient (Wildman–Crippen LogP) is 2.48. The summed E-state index contributed by atoms with van der Waals surface area (Å²) in [4.78, 5) is 35.3. The Morgan fingerprint density at radius 2 is 2.22 bits per heavy atom. The summed E-state index contributed by atoms with van der Waals surface area (Å²) in [5.41, 5.74) is 7.88. The van der Waals surface area contributed by atoms with Crippen LogP contribution >= 0.6 is 25.3 Å². The van der Waals surface area contributed by atoms with Gasteiger partial charge in [-0.25, -0.2) is 4.79 Å². The van der Waals surface area contributed by atoms with Gasteiger partial charge in [0.1, 0.15) is 6.29 Å². The van der Waals surface area contributed by atoms with Gasteiger partial charge in [-0.15, -0.1) is 12.6 Å². The van der Waals surface area contributed by atoms with Crippen molar-refractivity contribution in [2.24, 2.45) is 0 Å².